The van der Waals surface area contributed by atoms with Gasteiger partial charge in [0, 0.05) is 11.1 Å². The predicted molar refractivity (Wildman–Crippen MR) is 102 cm³/mol. The molecule has 0 radical (unpaired) electrons. The number of nitrogens with zero attached hydrogens (tertiary/aromatic N) is 2. The minimum atomic E-state index is 0.0455. The smallest absolute Gasteiger partial charge is 0.293 e. The molecule has 142 valence electrons. The van der Waals surface area contributed by atoms with Gasteiger partial charge in [-0.1, -0.05) is 36.4 Å². The first-order valence-electron chi connectivity index (χ1n) is 8.39. The molecule has 0 saturated heterocycles. The van der Waals surface area contributed by atoms with Gasteiger partial charge in [0.05, 0.1) is 19.4 Å². The molecule has 0 amide bonds. The summed E-state index contributed by atoms with van der Waals surface area (Å²) in [4.78, 5) is 18.8. The highest BCUT2D eigenvalue weighted by Gasteiger charge is 2.12. The van der Waals surface area contributed by atoms with Gasteiger partial charge in [0.25, 0.3) is 6.47 Å². The maximum absolute atomic E-state index is 10.6. The van der Waals surface area contributed by atoms with Crippen LogP contribution in [0.3, 0.4) is 0 Å². The lowest BCUT2D eigenvalue weighted by molar-refractivity contribution is -0.127. The normalized spacial score (nSPS) is 10.8. The number of aromatic nitrogens is 2. The molecule has 0 saturated carbocycles. The minimum Gasteiger partial charge on any atom is -0.504 e. The molecule has 0 unspecified atom stereocenters. The van der Waals surface area contributed by atoms with Crippen molar-refractivity contribution in [1.82, 2.24) is 9.97 Å². The number of ether oxygens (including phenoxy) is 4. The Hall–Kier alpha value is -3.87. The van der Waals surface area contributed by atoms with Crippen molar-refractivity contribution in [2.45, 2.75) is 0 Å². The van der Waals surface area contributed by atoms with Crippen molar-refractivity contribution in [2.75, 3.05) is 13.7 Å². The van der Waals surface area contributed by atoms with Crippen LogP contribution in [0.25, 0.3) is 5.57 Å². The van der Waals surface area contributed by atoms with Crippen LogP contribution in [0.15, 0.2) is 73.3 Å². The van der Waals surface area contributed by atoms with Gasteiger partial charge in [-0.2, -0.15) is 0 Å². The SMILES string of the molecule is CO/C=C(/COC=O)c1ccccc1Oc1cc(Oc2ccccc2)ncn1. The molecule has 28 heavy (non-hydrogen) atoms. The Morgan fingerprint density at radius 3 is 2.43 bits per heavy atom. The molecule has 3 aromatic rings. The lowest BCUT2D eigenvalue weighted by atomic mass is 10.1. The van der Waals surface area contributed by atoms with Crippen LogP contribution in [0, 0.1) is 0 Å². The van der Waals surface area contributed by atoms with Gasteiger partial charge >= 0.3 is 0 Å². The van der Waals surface area contributed by atoms with E-state index in [2.05, 4.69) is 9.97 Å². The van der Waals surface area contributed by atoms with Gasteiger partial charge in [0.15, 0.2) is 0 Å². The second kappa shape index (κ2) is 9.72. The fourth-order valence-corrected chi connectivity index (χ4v) is 2.42. The summed E-state index contributed by atoms with van der Waals surface area (Å²) in [6.45, 7) is 0.425. The molecule has 0 bridgehead atoms. The number of rotatable bonds is 9. The zero-order valence-corrected chi connectivity index (χ0v) is 15.1. The van der Waals surface area contributed by atoms with Crippen molar-refractivity contribution in [3.63, 3.8) is 0 Å². The summed E-state index contributed by atoms with van der Waals surface area (Å²) in [5.74, 6) is 1.83. The molecule has 0 fully saturated rings. The molecular formula is C21H18N2O5. The summed E-state index contributed by atoms with van der Waals surface area (Å²) in [6.07, 6.45) is 2.85. The fourth-order valence-electron chi connectivity index (χ4n) is 2.42. The van der Waals surface area contributed by atoms with Crippen LogP contribution in [-0.2, 0) is 14.3 Å². The summed E-state index contributed by atoms with van der Waals surface area (Å²) in [5.41, 5.74) is 1.34. The molecule has 0 N–H and O–H groups in total. The van der Waals surface area contributed by atoms with E-state index in [1.807, 2.05) is 48.5 Å². The third kappa shape index (κ3) is 5.07. The van der Waals surface area contributed by atoms with Crippen LogP contribution in [0.2, 0.25) is 0 Å². The van der Waals surface area contributed by atoms with Gasteiger partial charge in [-0.05, 0) is 18.2 Å². The van der Waals surface area contributed by atoms with E-state index in [0.717, 1.165) is 0 Å². The number of para-hydroxylation sites is 2. The molecule has 2 aromatic carbocycles. The Kier molecular flexibility index (Phi) is 6.57. The highest BCUT2D eigenvalue weighted by molar-refractivity contribution is 5.71. The Morgan fingerprint density at radius 2 is 1.68 bits per heavy atom. The first-order valence-corrected chi connectivity index (χ1v) is 8.39. The maximum Gasteiger partial charge on any atom is 0.293 e. The van der Waals surface area contributed by atoms with Gasteiger partial charge in [-0.3, -0.25) is 4.79 Å². The minimum absolute atomic E-state index is 0.0455. The van der Waals surface area contributed by atoms with Gasteiger partial charge in [-0.15, -0.1) is 0 Å². The Balaban J connectivity index is 1.83. The van der Waals surface area contributed by atoms with Crippen LogP contribution in [0.4, 0.5) is 0 Å². The number of hydrogen-bond donors (Lipinski definition) is 0. The zero-order valence-electron chi connectivity index (χ0n) is 15.1. The molecule has 0 aliphatic heterocycles. The summed E-state index contributed by atoms with van der Waals surface area (Å²) in [7, 11) is 1.52. The highest BCUT2D eigenvalue weighted by atomic mass is 16.5. The first kappa shape index (κ1) is 18.9. The van der Waals surface area contributed by atoms with E-state index in [0.29, 0.717) is 40.9 Å². The average Bonchev–Trinajstić information content (AvgIpc) is 2.73. The maximum atomic E-state index is 10.6. The Labute approximate surface area is 162 Å². The first-order chi connectivity index (χ1) is 13.8. The van der Waals surface area contributed by atoms with Crippen molar-refractivity contribution in [3.8, 4) is 23.3 Å². The van der Waals surface area contributed by atoms with Crippen molar-refractivity contribution >= 4 is 12.0 Å². The second-order valence-electron chi connectivity index (χ2n) is 5.49. The number of carbonyl (C=O) groups is 1. The van der Waals surface area contributed by atoms with E-state index >= 15 is 0 Å². The third-order valence-corrected chi connectivity index (χ3v) is 3.60. The van der Waals surface area contributed by atoms with Crippen LogP contribution < -0.4 is 9.47 Å². The largest absolute Gasteiger partial charge is 0.504 e. The summed E-state index contributed by atoms with van der Waals surface area (Å²) >= 11 is 0. The van der Waals surface area contributed by atoms with Crippen LogP contribution >= 0.6 is 0 Å². The number of hydrogen-bond acceptors (Lipinski definition) is 7. The molecule has 7 nitrogen and oxygen atoms in total. The lowest BCUT2D eigenvalue weighted by Crippen LogP contribution is -2.00. The number of benzene rings is 2. The van der Waals surface area contributed by atoms with E-state index < -0.39 is 0 Å². The quantitative estimate of drug-likeness (QED) is 0.407. The monoisotopic (exact) mass is 378 g/mol. The van der Waals surface area contributed by atoms with E-state index in [9.17, 15) is 4.79 Å². The molecular weight excluding hydrogens is 360 g/mol. The number of methoxy groups -OCH3 is 1. The fraction of sp³-hybridized carbons (Fsp3) is 0.0952. The Bertz CT molecular complexity index is 944. The van der Waals surface area contributed by atoms with Crippen molar-refractivity contribution in [1.29, 1.82) is 0 Å². The van der Waals surface area contributed by atoms with E-state index in [-0.39, 0.29) is 6.61 Å². The molecule has 1 heterocycles. The Morgan fingerprint density at radius 1 is 0.964 bits per heavy atom. The summed E-state index contributed by atoms with van der Waals surface area (Å²) < 4.78 is 21.6. The predicted octanol–water partition coefficient (Wildman–Crippen LogP) is 4.22. The van der Waals surface area contributed by atoms with Crippen LogP contribution in [0.5, 0.6) is 23.3 Å². The molecule has 7 heteroatoms. The van der Waals surface area contributed by atoms with E-state index in [4.69, 9.17) is 18.9 Å². The topological polar surface area (TPSA) is 79.8 Å². The molecule has 0 aliphatic carbocycles. The third-order valence-electron chi connectivity index (χ3n) is 3.60. The molecule has 0 aliphatic rings. The summed E-state index contributed by atoms with van der Waals surface area (Å²) in [5, 5.41) is 0. The standard InChI is InChI=1S/C21H18N2O5/c1-25-12-16(13-26-15-24)18-9-5-6-10-19(18)28-21-11-20(22-14-23-21)27-17-7-3-2-4-8-17/h2-12,14-15H,13H2,1H3/b16-12-. The molecule has 3 rings (SSSR count). The van der Waals surface area contributed by atoms with Gasteiger partial charge in [0.2, 0.25) is 11.8 Å². The molecule has 0 atom stereocenters. The van der Waals surface area contributed by atoms with Crippen molar-refractivity contribution in [2.24, 2.45) is 0 Å². The van der Waals surface area contributed by atoms with Crippen molar-refractivity contribution < 1.29 is 23.7 Å². The van der Waals surface area contributed by atoms with Crippen LogP contribution in [0.1, 0.15) is 5.56 Å². The molecule has 1 aromatic heterocycles. The van der Waals surface area contributed by atoms with Crippen LogP contribution in [-0.4, -0.2) is 30.2 Å². The zero-order chi connectivity index (χ0) is 19.6. The average molecular weight is 378 g/mol. The number of carbonyl (C=O) groups excluding carboxylic acids is 1. The van der Waals surface area contributed by atoms with E-state index in [1.165, 1.54) is 19.7 Å². The highest BCUT2D eigenvalue weighted by Crippen LogP contribution is 2.31. The molecule has 0 spiro atoms. The van der Waals surface area contributed by atoms with Gasteiger partial charge < -0.3 is 18.9 Å². The van der Waals surface area contributed by atoms with Gasteiger partial charge in [0.1, 0.15) is 24.4 Å². The van der Waals surface area contributed by atoms with Crippen molar-refractivity contribution in [3.05, 3.63) is 78.8 Å². The van der Waals surface area contributed by atoms with Gasteiger partial charge in [-0.25, -0.2) is 9.97 Å². The summed E-state index contributed by atoms with van der Waals surface area (Å²) in [6, 6.07) is 18.2. The van der Waals surface area contributed by atoms with E-state index in [1.54, 1.807) is 12.1 Å². The second-order valence-corrected chi connectivity index (χ2v) is 5.49. The lowest BCUT2D eigenvalue weighted by Gasteiger charge is -2.13.